The van der Waals surface area contributed by atoms with Crippen molar-refractivity contribution in [2.24, 2.45) is 5.92 Å². The quantitative estimate of drug-likeness (QED) is 0.910. The minimum Gasteiger partial charge on any atom is -0.493 e. The van der Waals surface area contributed by atoms with Gasteiger partial charge in [0.25, 0.3) is 0 Å². The molecule has 108 valence electrons. The number of para-hydroxylation sites is 1. The van der Waals surface area contributed by atoms with Gasteiger partial charge in [0.05, 0.1) is 13.7 Å². The van der Waals surface area contributed by atoms with Crippen LogP contribution in [0.3, 0.4) is 0 Å². The van der Waals surface area contributed by atoms with E-state index in [1.54, 1.807) is 7.11 Å². The second-order valence-electron chi connectivity index (χ2n) is 5.84. The van der Waals surface area contributed by atoms with Gasteiger partial charge in [-0.2, -0.15) is 0 Å². The topological polar surface area (TPSA) is 34.4 Å². The molecule has 3 nitrogen and oxygen atoms in total. The van der Waals surface area contributed by atoms with E-state index < -0.39 is 0 Å². The van der Waals surface area contributed by atoms with Crippen molar-refractivity contribution in [2.75, 3.05) is 7.11 Å². The van der Waals surface area contributed by atoms with Gasteiger partial charge in [-0.05, 0) is 30.9 Å². The first-order valence-electron chi connectivity index (χ1n) is 7.56. The first kappa shape index (κ1) is 13.5. The van der Waals surface area contributed by atoms with Crippen LogP contribution in [-0.4, -0.2) is 13.2 Å². The molecule has 0 aliphatic heterocycles. The molecular weight excluding hydrogens is 250 g/mol. The van der Waals surface area contributed by atoms with E-state index in [2.05, 4.69) is 24.4 Å². The minimum atomic E-state index is 0.624. The summed E-state index contributed by atoms with van der Waals surface area (Å²) < 4.78 is 11.3. The molecule has 3 rings (SSSR count). The van der Waals surface area contributed by atoms with Crippen molar-refractivity contribution in [3.05, 3.63) is 30.0 Å². The summed E-state index contributed by atoms with van der Waals surface area (Å²) in [5, 5.41) is 4.76. The Kier molecular flexibility index (Phi) is 3.97. The van der Waals surface area contributed by atoms with Crippen LogP contribution in [-0.2, 0) is 6.54 Å². The Morgan fingerprint density at radius 1 is 1.30 bits per heavy atom. The molecular formula is C17H23NO2. The highest BCUT2D eigenvalue weighted by Gasteiger charge is 2.21. The molecule has 3 heteroatoms. The molecule has 0 bridgehead atoms. The summed E-state index contributed by atoms with van der Waals surface area (Å²) in [6, 6.07) is 8.73. The molecule has 1 aromatic carbocycles. The van der Waals surface area contributed by atoms with E-state index in [0.717, 1.165) is 34.9 Å². The largest absolute Gasteiger partial charge is 0.493 e. The average molecular weight is 273 g/mol. The minimum absolute atomic E-state index is 0.624. The molecule has 0 radical (unpaired) electrons. The molecule has 20 heavy (non-hydrogen) atoms. The van der Waals surface area contributed by atoms with E-state index in [0.29, 0.717) is 6.04 Å². The van der Waals surface area contributed by atoms with Gasteiger partial charge < -0.3 is 14.5 Å². The van der Waals surface area contributed by atoms with Gasteiger partial charge in [0.15, 0.2) is 11.3 Å². The average Bonchev–Trinajstić information content (AvgIpc) is 2.89. The van der Waals surface area contributed by atoms with Gasteiger partial charge in [0.2, 0.25) is 0 Å². The normalized spacial score (nSPS) is 23.1. The summed E-state index contributed by atoms with van der Waals surface area (Å²) in [6.45, 7) is 3.14. The molecule has 1 fully saturated rings. The molecule has 0 amide bonds. The van der Waals surface area contributed by atoms with Crippen molar-refractivity contribution >= 4 is 11.0 Å². The number of benzene rings is 1. The first-order valence-corrected chi connectivity index (χ1v) is 7.56. The molecule has 1 aromatic heterocycles. The fourth-order valence-corrected chi connectivity index (χ4v) is 3.19. The van der Waals surface area contributed by atoms with Crippen LogP contribution in [0.5, 0.6) is 5.75 Å². The number of nitrogens with one attached hydrogen (secondary N) is 1. The van der Waals surface area contributed by atoms with Crippen molar-refractivity contribution in [3.8, 4) is 5.75 Å². The number of rotatable bonds is 4. The van der Waals surface area contributed by atoms with Crippen LogP contribution in [0.25, 0.3) is 11.0 Å². The van der Waals surface area contributed by atoms with Crippen LogP contribution in [0, 0.1) is 5.92 Å². The smallest absolute Gasteiger partial charge is 0.176 e. The third-order valence-electron chi connectivity index (χ3n) is 4.43. The van der Waals surface area contributed by atoms with Gasteiger partial charge in [-0.25, -0.2) is 0 Å². The van der Waals surface area contributed by atoms with Gasteiger partial charge in [0.1, 0.15) is 5.76 Å². The zero-order chi connectivity index (χ0) is 13.9. The van der Waals surface area contributed by atoms with Crippen LogP contribution in [0.2, 0.25) is 0 Å². The maximum absolute atomic E-state index is 5.93. The summed E-state index contributed by atoms with van der Waals surface area (Å²) >= 11 is 0. The van der Waals surface area contributed by atoms with Gasteiger partial charge in [-0.3, -0.25) is 0 Å². The number of methoxy groups -OCH3 is 1. The van der Waals surface area contributed by atoms with Gasteiger partial charge in [-0.1, -0.05) is 31.9 Å². The van der Waals surface area contributed by atoms with Gasteiger partial charge >= 0.3 is 0 Å². The van der Waals surface area contributed by atoms with Crippen LogP contribution >= 0.6 is 0 Å². The number of hydrogen-bond acceptors (Lipinski definition) is 3. The Bertz CT molecular complexity index is 575. The molecule has 2 aromatic rings. The number of hydrogen-bond donors (Lipinski definition) is 1. The Morgan fingerprint density at radius 2 is 2.15 bits per heavy atom. The van der Waals surface area contributed by atoms with E-state index in [4.69, 9.17) is 9.15 Å². The van der Waals surface area contributed by atoms with Crippen LogP contribution in [0.15, 0.2) is 28.7 Å². The molecule has 0 saturated heterocycles. The third-order valence-corrected chi connectivity index (χ3v) is 4.43. The zero-order valence-electron chi connectivity index (χ0n) is 12.3. The standard InChI is InChI=1S/C17H23NO2/c1-12-6-3-4-8-15(12)18-11-14-10-13-7-5-9-16(19-2)17(13)20-14/h5,7,9-10,12,15,18H,3-4,6,8,11H2,1-2H3. The lowest BCUT2D eigenvalue weighted by Crippen LogP contribution is -2.36. The summed E-state index contributed by atoms with van der Waals surface area (Å²) in [6.07, 6.45) is 5.34. The second-order valence-corrected chi connectivity index (χ2v) is 5.84. The maximum atomic E-state index is 5.93. The fraction of sp³-hybridized carbons (Fsp3) is 0.529. The van der Waals surface area contributed by atoms with Gasteiger partial charge in [0, 0.05) is 11.4 Å². The Balaban J connectivity index is 1.71. The van der Waals surface area contributed by atoms with E-state index in [-0.39, 0.29) is 0 Å². The molecule has 1 N–H and O–H groups in total. The molecule has 2 atom stereocenters. The number of ether oxygens (including phenoxy) is 1. The predicted molar refractivity (Wildman–Crippen MR) is 81.0 cm³/mol. The van der Waals surface area contributed by atoms with E-state index in [9.17, 15) is 0 Å². The maximum Gasteiger partial charge on any atom is 0.176 e. The van der Waals surface area contributed by atoms with E-state index >= 15 is 0 Å². The zero-order valence-corrected chi connectivity index (χ0v) is 12.3. The molecule has 1 heterocycles. The predicted octanol–water partition coefficient (Wildman–Crippen LogP) is 4.11. The van der Waals surface area contributed by atoms with Crippen molar-refractivity contribution in [3.63, 3.8) is 0 Å². The highest BCUT2D eigenvalue weighted by atomic mass is 16.5. The number of fused-ring (bicyclic) bond motifs is 1. The highest BCUT2D eigenvalue weighted by Crippen LogP contribution is 2.29. The molecule has 2 unspecified atom stereocenters. The highest BCUT2D eigenvalue weighted by molar-refractivity contribution is 5.83. The molecule has 0 spiro atoms. The van der Waals surface area contributed by atoms with Crippen LogP contribution in [0.4, 0.5) is 0 Å². The first-order chi connectivity index (χ1) is 9.78. The summed E-state index contributed by atoms with van der Waals surface area (Å²) in [7, 11) is 1.68. The monoisotopic (exact) mass is 273 g/mol. The summed E-state index contributed by atoms with van der Waals surface area (Å²) in [5.74, 6) is 2.56. The van der Waals surface area contributed by atoms with Crippen molar-refractivity contribution in [1.82, 2.24) is 5.32 Å². The lowest BCUT2D eigenvalue weighted by Gasteiger charge is -2.29. The Morgan fingerprint density at radius 3 is 2.95 bits per heavy atom. The number of furan rings is 1. The molecule has 1 saturated carbocycles. The van der Waals surface area contributed by atoms with E-state index in [1.165, 1.54) is 25.7 Å². The van der Waals surface area contributed by atoms with E-state index in [1.807, 2.05) is 12.1 Å². The Labute approximate surface area is 120 Å². The van der Waals surface area contributed by atoms with Crippen molar-refractivity contribution in [2.45, 2.75) is 45.2 Å². The fourth-order valence-electron chi connectivity index (χ4n) is 3.19. The van der Waals surface area contributed by atoms with Gasteiger partial charge in [-0.15, -0.1) is 0 Å². The second kappa shape index (κ2) is 5.88. The lowest BCUT2D eigenvalue weighted by atomic mass is 9.86. The SMILES string of the molecule is COc1cccc2cc(CNC3CCCCC3C)oc12. The van der Waals surface area contributed by atoms with Crippen LogP contribution in [0.1, 0.15) is 38.4 Å². The van der Waals surface area contributed by atoms with Crippen LogP contribution < -0.4 is 10.1 Å². The molecule has 1 aliphatic carbocycles. The summed E-state index contributed by atoms with van der Waals surface area (Å²) in [4.78, 5) is 0. The molecule has 1 aliphatic rings. The van der Waals surface area contributed by atoms with Crippen molar-refractivity contribution < 1.29 is 9.15 Å². The summed E-state index contributed by atoms with van der Waals surface area (Å²) in [5.41, 5.74) is 0.850. The lowest BCUT2D eigenvalue weighted by molar-refractivity contribution is 0.273. The Hall–Kier alpha value is -1.48. The third kappa shape index (κ3) is 2.68. The van der Waals surface area contributed by atoms with Crippen molar-refractivity contribution in [1.29, 1.82) is 0 Å².